The van der Waals surface area contributed by atoms with Crippen LogP contribution in [0.2, 0.25) is 0 Å². The van der Waals surface area contributed by atoms with Gasteiger partial charge in [0.15, 0.2) is 0 Å². The largest absolute Gasteiger partial charge is 2.00 e. The number of pyridine rings is 1. The quantitative estimate of drug-likeness (QED) is 0.277. The van der Waals surface area contributed by atoms with Crippen LogP contribution in [0.5, 0.6) is 5.75 Å². The number of benzene rings is 1. The average molecular weight is 541 g/mol. The molecule has 1 aromatic carbocycles. The monoisotopic (exact) mass is 540 g/mol. The molecule has 1 amide bonds. The number of amides is 1. The average Bonchev–Trinajstić information content (AvgIpc) is 3.54. The Bertz CT molecular complexity index is 1220. The zero-order valence-electron chi connectivity index (χ0n) is 18.9. The fourth-order valence-electron chi connectivity index (χ4n) is 2.77. The zero-order chi connectivity index (χ0) is 24.7. The van der Waals surface area contributed by atoms with Crippen molar-refractivity contribution < 1.29 is 39.6 Å². The minimum atomic E-state index is -2.68. The first-order chi connectivity index (χ1) is 16.3. The van der Waals surface area contributed by atoms with E-state index >= 15 is 0 Å². The molecule has 0 radical (unpaired) electrons. The van der Waals surface area contributed by atoms with E-state index in [4.69, 9.17) is 4.74 Å². The molecule has 2 heterocycles. The normalized spacial score (nSPS) is 11.8. The second-order valence-corrected chi connectivity index (χ2v) is 8.19. The van der Waals surface area contributed by atoms with Gasteiger partial charge in [0.1, 0.15) is 11.4 Å². The van der Waals surface area contributed by atoms with E-state index in [9.17, 15) is 18.4 Å². The molecule has 1 aliphatic carbocycles. The number of halogens is 2. The van der Waals surface area contributed by atoms with Crippen molar-refractivity contribution in [1.29, 1.82) is 0 Å². The number of rotatable bonds is 5. The Labute approximate surface area is 215 Å². The number of aromatic nitrogens is 3. The van der Waals surface area contributed by atoms with Crippen LogP contribution < -0.4 is 4.74 Å². The van der Waals surface area contributed by atoms with Crippen molar-refractivity contribution in [2.24, 2.45) is 5.92 Å². The van der Waals surface area contributed by atoms with Crippen LogP contribution in [-0.4, -0.2) is 53.5 Å². The molecule has 0 spiro atoms. The fraction of sp³-hybridized carbons (Fsp3) is 0.292. The Morgan fingerprint density at radius 2 is 2.03 bits per heavy atom. The summed E-state index contributed by atoms with van der Waals surface area (Å²) in [5.74, 6) is 6.61. The van der Waals surface area contributed by atoms with Gasteiger partial charge in [0, 0.05) is 30.6 Å². The van der Waals surface area contributed by atoms with Crippen LogP contribution in [0.3, 0.4) is 0 Å². The number of carbonyl (C=O) groups excluding carboxylic acids is 2. The molecule has 0 atom stereocenters. The molecule has 1 fully saturated rings. The molecule has 0 bridgehead atoms. The standard InChI is InChI=1S/C17H15F2N2O3.C7H5N2S.Ni/c1-21(2)17(23)14-7-12(11(9-22)8-20-14)13-6-10(16(18)19)4-5-15(13)24-3;1-2-6(1)3-4-7-9-8-5-10-7;/h4-8,16H,1-3H3;6H,1-2H2;/q2*-1;+2. The van der Waals surface area contributed by atoms with Crippen molar-refractivity contribution in [3.63, 3.8) is 0 Å². The summed E-state index contributed by atoms with van der Waals surface area (Å²) < 4.78 is 31.2. The van der Waals surface area contributed by atoms with Gasteiger partial charge in [-0.25, -0.2) is 13.9 Å². The summed E-state index contributed by atoms with van der Waals surface area (Å²) in [7, 11) is 4.50. The van der Waals surface area contributed by atoms with Crippen molar-refractivity contribution in [2.45, 2.75) is 19.3 Å². The van der Waals surface area contributed by atoms with Crippen molar-refractivity contribution in [1.82, 2.24) is 20.1 Å². The maximum absolute atomic E-state index is 13.0. The topological polar surface area (TPSA) is 85.3 Å². The molecule has 0 unspecified atom stereocenters. The smallest absolute Gasteiger partial charge is 0.497 e. The predicted octanol–water partition coefficient (Wildman–Crippen LogP) is 3.95. The summed E-state index contributed by atoms with van der Waals surface area (Å²) in [6.07, 6.45) is 2.74. The van der Waals surface area contributed by atoms with Gasteiger partial charge in [0.2, 0.25) is 0 Å². The first-order valence-corrected chi connectivity index (χ1v) is 10.9. The molecule has 1 saturated carbocycles. The van der Waals surface area contributed by atoms with E-state index in [1.165, 1.54) is 66.7 Å². The van der Waals surface area contributed by atoms with Gasteiger partial charge in [-0.05, 0) is 30.5 Å². The number of hydrogen-bond donors (Lipinski definition) is 0. The van der Waals surface area contributed by atoms with Gasteiger partial charge in [-0.15, -0.1) is 23.0 Å². The Balaban J connectivity index is 0.000000326. The van der Waals surface area contributed by atoms with Gasteiger partial charge in [0.25, 0.3) is 12.3 Å². The molecule has 3 aromatic rings. The van der Waals surface area contributed by atoms with E-state index in [0.717, 1.165) is 5.01 Å². The van der Waals surface area contributed by atoms with E-state index in [0.29, 0.717) is 11.7 Å². The van der Waals surface area contributed by atoms with Gasteiger partial charge < -0.3 is 30.8 Å². The van der Waals surface area contributed by atoms with Gasteiger partial charge >= 0.3 is 16.5 Å². The minimum Gasteiger partial charge on any atom is -0.497 e. The molecular weight excluding hydrogens is 521 g/mol. The van der Waals surface area contributed by atoms with E-state index in [2.05, 4.69) is 32.5 Å². The minimum absolute atomic E-state index is 0. The number of methoxy groups -OCH3 is 1. The van der Waals surface area contributed by atoms with Crippen LogP contribution in [0.25, 0.3) is 11.1 Å². The molecule has 0 aliphatic heterocycles. The summed E-state index contributed by atoms with van der Waals surface area (Å²) in [5, 5.41) is 8.10. The fourth-order valence-corrected chi connectivity index (χ4v) is 3.13. The van der Waals surface area contributed by atoms with E-state index in [1.807, 2.05) is 0 Å². The Morgan fingerprint density at radius 1 is 1.29 bits per heavy atom. The number of ether oxygens (including phenoxy) is 1. The third-order valence-corrected chi connectivity index (χ3v) is 5.24. The van der Waals surface area contributed by atoms with Crippen LogP contribution in [0.15, 0.2) is 30.5 Å². The van der Waals surface area contributed by atoms with E-state index < -0.39 is 6.43 Å². The third kappa shape index (κ3) is 7.64. The van der Waals surface area contributed by atoms with Crippen molar-refractivity contribution in [3.05, 3.63) is 57.8 Å². The first kappa shape index (κ1) is 28.0. The molecule has 7 nitrogen and oxygen atoms in total. The molecule has 4 rings (SSSR count). The van der Waals surface area contributed by atoms with Crippen LogP contribution in [-0.2, 0) is 21.3 Å². The van der Waals surface area contributed by atoms with Gasteiger partial charge in [-0.2, -0.15) is 0 Å². The third-order valence-electron chi connectivity index (χ3n) is 4.69. The second kappa shape index (κ2) is 13.0. The van der Waals surface area contributed by atoms with Crippen LogP contribution >= 0.6 is 11.3 Å². The van der Waals surface area contributed by atoms with Crippen LogP contribution in [0.4, 0.5) is 8.78 Å². The molecule has 2 aromatic heterocycles. The summed E-state index contributed by atoms with van der Waals surface area (Å²) in [6.45, 7) is 0. The molecule has 1 aliphatic rings. The summed E-state index contributed by atoms with van der Waals surface area (Å²) >= 11 is 1.37. The molecule has 35 heavy (non-hydrogen) atoms. The Hall–Kier alpha value is -3.22. The van der Waals surface area contributed by atoms with Crippen molar-refractivity contribution in [3.8, 4) is 28.7 Å². The van der Waals surface area contributed by atoms with Gasteiger partial charge in [-0.3, -0.25) is 9.89 Å². The molecule has 11 heteroatoms. The Morgan fingerprint density at radius 3 is 2.57 bits per heavy atom. The SMILES string of the molecule is C(#CC1CC1)c1nn[c-]s1.COc1ccc(C(F)F)cc1-c1cc(C(=O)N(C)C)ncc1[C-]=O.[Ni+2]. The maximum atomic E-state index is 13.0. The number of carbonyl (C=O) groups is 1. The van der Waals surface area contributed by atoms with Gasteiger partial charge in [-0.1, -0.05) is 23.8 Å². The number of nitrogens with zero attached hydrogens (tertiary/aromatic N) is 4. The Kier molecular flexibility index (Phi) is 10.4. The maximum Gasteiger partial charge on any atom is 2.00 e. The van der Waals surface area contributed by atoms with Crippen LogP contribution in [0.1, 0.15) is 45.9 Å². The molecule has 184 valence electrons. The van der Waals surface area contributed by atoms with Crippen LogP contribution in [0, 0.1) is 23.3 Å². The van der Waals surface area contributed by atoms with Gasteiger partial charge in [0.05, 0.1) is 13.4 Å². The summed E-state index contributed by atoms with van der Waals surface area (Å²) in [6, 6.07) is 5.23. The predicted molar refractivity (Wildman–Crippen MR) is 122 cm³/mol. The molecular formula is C24H20F2N4NiO3S. The number of hydrogen-bond acceptors (Lipinski definition) is 7. The number of alkyl halides is 2. The van der Waals surface area contributed by atoms with Crippen molar-refractivity contribution in [2.75, 3.05) is 21.2 Å². The van der Waals surface area contributed by atoms with E-state index in [1.54, 1.807) is 20.4 Å². The van der Waals surface area contributed by atoms with E-state index in [-0.39, 0.29) is 50.3 Å². The second-order valence-electron chi connectivity index (χ2n) is 7.42. The zero-order valence-corrected chi connectivity index (χ0v) is 20.8. The molecule has 0 N–H and O–H groups in total. The first-order valence-electron chi connectivity index (χ1n) is 10.1. The van der Waals surface area contributed by atoms with Crippen molar-refractivity contribution >= 4 is 23.5 Å². The summed E-state index contributed by atoms with van der Waals surface area (Å²) in [4.78, 5) is 28.5. The summed E-state index contributed by atoms with van der Waals surface area (Å²) in [5.41, 5.74) is 3.08. The molecule has 0 saturated heterocycles.